The maximum absolute atomic E-state index is 6.48. The van der Waals surface area contributed by atoms with E-state index in [4.69, 9.17) is 11.6 Å². The molecule has 0 amide bonds. The second-order valence-corrected chi connectivity index (χ2v) is 7.97. The second-order valence-electron chi connectivity index (χ2n) is 7.56. The Labute approximate surface area is 179 Å². The van der Waals surface area contributed by atoms with E-state index in [1.54, 1.807) is 0 Å². The van der Waals surface area contributed by atoms with Crippen LogP contribution in [-0.4, -0.2) is 4.57 Å². The second kappa shape index (κ2) is 6.76. The zero-order valence-corrected chi connectivity index (χ0v) is 17.0. The molecule has 142 valence electrons. The summed E-state index contributed by atoms with van der Waals surface area (Å²) in [6.07, 6.45) is 0. The highest BCUT2D eigenvalue weighted by molar-refractivity contribution is 6.33. The predicted octanol–water partition coefficient (Wildman–Crippen LogP) is 8.26. The number of nitrogens with zero attached hydrogens (tertiary/aromatic N) is 1. The van der Waals surface area contributed by atoms with E-state index in [0.717, 1.165) is 21.8 Å². The Bertz CT molecular complexity index is 1560. The lowest BCUT2D eigenvalue weighted by Crippen LogP contribution is -1.94. The normalized spacial score (nSPS) is 11.5. The van der Waals surface area contributed by atoms with Crippen LogP contribution >= 0.6 is 11.6 Å². The number of rotatable bonds is 2. The molecule has 0 fully saturated rings. The van der Waals surface area contributed by atoms with Crippen LogP contribution < -0.4 is 0 Å². The molecule has 1 nitrogen and oxygen atoms in total. The van der Waals surface area contributed by atoms with Gasteiger partial charge in [0.25, 0.3) is 0 Å². The third-order valence-electron chi connectivity index (χ3n) is 5.85. The summed E-state index contributed by atoms with van der Waals surface area (Å²) in [5.41, 5.74) is 5.72. The maximum Gasteiger partial charge on any atom is 0.0547 e. The first-order valence-electron chi connectivity index (χ1n) is 10.1. The summed E-state index contributed by atoms with van der Waals surface area (Å²) in [4.78, 5) is 0. The van der Waals surface area contributed by atoms with Gasteiger partial charge in [-0.2, -0.15) is 0 Å². The van der Waals surface area contributed by atoms with Crippen molar-refractivity contribution < 1.29 is 0 Å². The van der Waals surface area contributed by atoms with Crippen LogP contribution in [0.1, 0.15) is 0 Å². The fraction of sp³-hybridized carbons (Fsp3) is 0. The van der Waals surface area contributed by atoms with Gasteiger partial charge in [-0.05, 0) is 46.7 Å². The predicted molar refractivity (Wildman–Crippen MR) is 129 cm³/mol. The number of hydrogen-bond donors (Lipinski definition) is 0. The van der Waals surface area contributed by atoms with E-state index in [-0.39, 0.29) is 0 Å². The van der Waals surface area contributed by atoms with Crippen molar-refractivity contribution in [2.75, 3.05) is 0 Å². The van der Waals surface area contributed by atoms with Crippen LogP contribution in [0, 0.1) is 0 Å². The number of benzene rings is 5. The zero-order chi connectivity index (χ0) is 20.1. The summed E-state index contributed by atoms with van der Waals surface area (Å²) in [6.45, 7) is 0. The Hall–Kier alpha value is -3.55. The van der Waals surface area contributed by atoms with E-state index < -0.39 is 0 Å². The molecule has 0 bridgehead atoms. The van der Waals surface area contributed by atoms with Crippen molar-refractivity contribution in [1.29, 1.82) is 0 Å². The Morgan fingerprint density at radius 3 is 2.23 bits per heavy atom. The van der Waals surface area contributed by atoms with E-state index in [1.165, 1.54) is 32.6 Å². The zero-order valence-electron chi connectivity index (χ0n) is 16.2. The molecule has 30 heavy (non-hydrogen) atoms. The van der Waals surface area contributed by atoms with Crippen LogP contribution in [-0.2, 0) is 0 Å². The minimum atomic E-state index is 0.767. The first-order chi connectivity index (χ1) is 14.8. The lowest BCUT2D eigenvalue weighted by Gasteiger charge is -2.11. The molecule has 0 unspecified atom stereocenters. The van der Waals surface area contributed by atoms with E-state index in [1.807, 2.05) is 18.2 Å². The minimum Gasteiger partial charge on any atom is -0.309 e. The molecule has 2 heteroatoms. The molecule has 0 saturated heterocycles. The van der Waals surface area contributed by atoms with Crippen molar-refractivity contribution in [3.8, 4) is 16.8 Å². The third-order valence-corrected chi connectivity index (χ3v) is 6.18. The van der Waals surface area contributed by atoms with Crippen LogP contribution in [0.5, 0.6) is 0 Å². The third kappa shape index (κ3) is 2.56. The number of hydrogen-bond acceptors (Lipinski definition) is 0. The fourth-order valence-corrected chi connectivity index (χ4v) is 4.77. The molecular formula is C28H18ClN. The van der Waals surface area contributed by atoms with E-state index >= 15 is 0 Å². The van der Waals surface area contributed by atoms with Gasteiger partial charge in [-0.25, -0.2) is 0 Å². The molecule has 6 rings (SSSR count). The molecular weight excluding hydrogens is 386 g/mol. The molecule has 1 heterocycles. The van der Waals surface area contributed by atoms with E-state index in [2.05, 4.69) is 95.6 Å². The SMILES string of the molecule is Clc1ccccc1-c1cccc(-n2c3ccccc3c3c4ccccc4ccc32)c1. The summed E-state index contributed by atoms with van der Waals surface area (Å²) in [7, 11) is 0. The van der Waals surface area contributed by atoms with Gasteiger partial charge in [0.2, 0.25) is 0 Å². The number of para-hydroxylation sites is 1. The van der Waals surface area contributed by atoms with Gasteiger partial charge in [0.1, 0.15) is 0 Å². The Morgan fingerprint density at radius 1 is 0.567 bits per heavy atom. The Kier molecular flexibility index (Phi) is 3.90. The van der Waals surface area contributed by atoms with Crippen LogP contribution in [0.3, 0.4) is 0 Å². The molecule has 0 N–H and O–H groups in total. The van der Waals surface area contributed by atoms with Crippen LogP contribution in [0.15, 0.2) is 109 Å². The minimum absolute atomic E-state index is 0.767. The lowest BCUT2D eigenvalue weighted by atomic mass is 10.0. The van der Waals surface area contributed by atoms with Gasteiger partial charge in [0.15, 0.2) is 0 Å². The van der Waals surface area contributed by atoms with Crippen molar-refractivity contribution in [3.05, 3.63) is 114 Å². The summed E-state index contributed by atoms with van der Waals surface area (Å²) >= 11 is 6.48. The number of aromatic nitrogens is 1. The summed E-state index contributed by atoms with van der Waals surface area (Å²) in [6, 6.07) is 38.3. The average molecular weight is 404 g/mol. The van der Waals surface area contributed by atoms with Crippen molar-refractivity contribution in [2.24, 2.45) is 0 Å². The lowest BCUT2D eigenvalue weighted by molar-refractivity contribution is 1.18. The van der Waals surface area contributed by atoms with Crippen molar-refractivity contribution >= 4 is 44.2 Å². The van der Waals surface area contributed by atoms with Gasteiger partial charge in [0, 0.05) is 27.0 Å². The van der Waals surface area contributed by atoms with Crippen molar-refractivity contribution in [1.82, 2.24) is 4.57 Å². The smallest absolute Gasteiger partial charge is 0.0547 e. The summed E-state index contributed by atoms with van der Waals surface area (Å²) in [5, 5.41) is 5.88. The molecule has 0 radical (unpaired) electrons. The Morgan fingerprint density at radius 2 is 1.33 bits per heavy atom. The van der Waals surface area contributed by atoms with E-state index in [9.17, 15) is 0 Å². The van der Waals surface area contributed by atoms with Gasteiger partial charge in [-0.3, -0.25) is 0 Å². The van der Waals surface area contributed by atoms with Crippen LogP contribution in [0.2, 0.25) is 5.02 Å². The molecule has 5 aromatic carbocycles. The van der Waals surface area contributed by atoms with E-state index in [0.29, 0.717) is 0 Å². The molecule has 0 aliphatic rings. The van der Waals surface area contributed by atoms with Gasteiger partial charge in [-0.1, -0.05) is 90.5 Å². The molecule has 0 saturated carbocycles. The summed E-state index contributed by atoms with van der Waals surface area (Å²) < 4.78 is 2.36. The molecule has 0 aliphatic carbocycles. The number of fused-ring (bicyclic) bond motifs is 5. The monoisotopic (exact) mass is 403 g/mol. The quantitative estimate of drug-likeness (QED) is 0.274. The highest BCUT2D eigenvalue weighted by Gasteiger charge is 2.15. The van der Waals surface area contributed by atoms with Gasteiger partial charge in [-0.15, -0.1) is 0 Å². The first kappa shape index (κ1) is 17.3. The van der Waals surface area contributed by atoms with Crippen molar-refractivity contribution in [2.45, 2.75) is 0 Å². The van der Waals surface area contributed by atoms with Crippen LogP contribution in [0.4, 0.5) is 0 Å². The molecule has 0 spiro atoms. The first-order valence-corrected chi connectivity index (χ1v) is 10.5. The van der Waals surface area contributed by atoms with Gasteiger partial charge < -0.3 is 4.57 Å². The molecule has 0 atom stereocenters. The van der Waals surface area contributed by atoms with Crippen molar-refractivity contribution in [3.63, 3.8) is 0 Å². The molecule has 1 aromatic heterocycles. The maximum atomic E-state index is 6.48. The topological polar surface area (TPSA) is 4.93 Å². The molecule has 6 aromatic rings. The van der Waals surface area contributed by atoms with Gasteiger partial charge in [0.05, 0.1) is 11.0 Å². The summed E-state index contributed by atoms with van der Waals surface area (Å²) in [5.74, 6) is 0. The average Bonchev–Trinajstić information content (AvgIpc) is 3.14. The largest absolute Gasteiger partial charge is 0.309 e. The highest BCUT2D eigenvalue weighted by Crippen LogP contribution is 2.37. The van der Waals surface area contributed by atoms with Crippen LogP contribution in [0.25, 0.3) is 49.4 Å². The number of halogens is 1. The fourth-order valence-electron chi connectivity index (χ4n) is 4.53. The highest BCUT2D eigenvalue weighted by atomic mass is 35.5. The molecule has 0 aliphatic heterocycles. The standard InChI is InChI=1S/C28H18ClN/c29-25-14-5-3-11-22(25)20-9-7-10-21(18-20)30-26-15-6-4-13-24(26)28-23-12-2-1-8-19(23)16-17-27(28)30/h1-18H. The Balaban J connectivity index is 1.70. The van der Waals surface area contributed by atoms with Gasteiger partial charge >= 0.3 is 0 Å².